The molecule has 2 bridgehead atoms. The number of benzene rings is 3. The number of carbonyl (C=O) groups is 2. The molecule has 0 radical (unpaired) electrons. The van der Waals surface area contributed by atoms with Gasteiger partial charge in [-0.15, -0.1) is 0 Å². The van der Waals surface area contributed by atoms with Crippen LogP contribution in [0.25, 0.3) is 17.2 Å². The Morgan fingerprint density at radius 1 is 0.949 bits per heavy atom. The van der Waals surface area contributed by atoms with Gasteiger partial charge in [-0.05, 0) is 89.8 Å². The molecule has 3 atom stereocenters. The second kappa shape index (κ2) is 11.7. The van der Waals surface area contributed by atoms with E-state index < -0.39 is 5.97 Å². The van der Waals surface area contributed by atoms with E-state index in [0.29, 0.717) is 23.4 Å². The molecule has 0 spiro atoms. The number of nitrogens with zero attached hydrogens (tertiary/aromatic N) is 2. The van der Waals surface area contributed by atoms with Crippen LogP contribution in [-0.2, 0) is 20.9 Å². The number of amides is 1. The molecule has 3 aromatic rings. The Kier molecular flexibility index (Phi) is 8.08. The van der Waals surface area contributed by atoms with Crippen molar-refractivity contribution >= 4 is 40.9 Å². The van der Waals surface area contributed by atoms with Gasteiger partial charge < -0.3 is 14.5 Å². The van der Waals surface area contributed by atoms with E-state index in [1.807, 2.05) is 55.4 Å². The third-order valence-electron chi connectivity index (χ3n) is 8.21. The summed E-state index contributed by atoms with van der Waals surface area (Å²) in [6, 6.07) is 22.2. The fourth-order valence-electron chi connectivity index (χ4n) is 6.05. The Hall–Kier alpha value is -3.57. The number of carbonyl (C=O) groups excluding carboxylic acids is 2. The molecule has 0 saturated heterocycles. The van der Waals surface area contributed by atoms with E-state index in [-0.39, 0.29) is 11.8 Å². The molecular weight excluding hydrogens is 508 g/mol. The van der Waals surface area contributed by atoms with Crippen LogP contribution in [0.5, 0.6) is 0 Å². The first-order chi connectivity index (χ1) is 18.8. The van der Waals surface area contributed by atoms with Gasteiger partial charge in [0.1, 0.15) is 0 Å². The molecule has 0 N–H and O–H groups in total. The van der Waals surface area contributed by atoms with Gasteiger partial charge in [-0.2, -0.15) is 0 Å². The van der Waals surface area contributed by atoms with Crippen LogP contribution in [0.4, 0.5) is 11.4 Å². The van der Waals surface area contributed by atoms with Gasteiger partial charge in [0.15, 0.2) is 0 Å². The monoisotopic (exact) mass is 542 g/mol. The molecule has 2 aliphatic rings. The lowest BCUT2D eigenvalue weighted by Gasteiger charge is -2.30. The number of halogens is 1. The Bertz CT molecular complexity index is 1380. The number of methoxy groups -OCH3 is 1. The van der Waals surface area contributed by atoms with Crippen molar-refractivity contribution in [1.82, 2.24) is 0 Å². The zero-order valence-corrected chi connectivity index (χ0v) is 23.5. The second-order valence-corrected chi connectivity index (χ2v) is 11.3. The fourth-order valence-corrected chi connectivity index (χ4v) is 6.29. The minimum absolute atomic E-state index is 0.0475. The summed E-state index contributed by atoms with van der Waals surface area (Å²) in [5, 5.41) is 0.636. The highest BCUT2D eigenvalue weighted by molar-refractivity contribution is 6.31. The van der Waals surface area contributed by atoms with E-state index in [4.69, 9.17) is 16.3 Å². The van der Waals surface area contributed by atoms with Crippen molar-refractivity contribution in [3.63, 3.8) is 0 Å². The number of esters is 1. The van der Waals surface area contributed by atoms with E-state index >= 15 is 0 Å². The topological polar surface area (TPSA) is 49.9 Å². The third kappa shape index (κ3) is 6.04. The van der Waals surface area contributed by atoms with Crippen LogP contribution in [-0.4, -0.2) is 33.1 Å². The lowest BCUT2D eigenvalue weighted by atomic mass is 9.87. The highest BCUT2D eigenvalue weighted by Gasteiger charge is 2.44. The number of hydrogen-bond donors (Lipinski definition) is 0. The first-order valence-electron chi connectivity index (χ1n) is 13.6. The van der Waals surface area contributed by atoms with E-state index in [1.165, 1.54) is 19.6 Å². The highest BCUT2D eigenvalue weighted by atomic mass is 35.5. The molecule has 202 valence electrons. The Morgan fingerprint density at radius 2 is 1.72 bits per heavy atom. The van der Waals surface area contributed by atoms with E-state index in [1.54, 1.807) is 6.08 Å². The van der Waals surface area contributed by atoms with Gasteiger partial charge in [0.25, 0.3) is 0 Å². The van der Waals surface area contributed by atoms with Gasteiger partial charge in [-0.25, -0.2) is 4.79 Å². The van der Waals surface area contributed by atoms with Crippen LogP contribution in [0.2, 0.25) is 5.02 Å². The van der Waals surface area contributed by atoms with Crippen molar-refractivity contribution in [2.45, 2.75) is 32.2 Å². The molecule has 0 aromatic heterocycles. The quantitative estimate of drug-likeness (QED) is 0.222. The maximum absolute atomic E-state index is 14.0. The third-order valence-corrected chi connectivity index (χ3v) is 8.57. The number of ether oxygens (including phenoxy) is 1. The van der Waals surface area contributed by atoms with Gasteiger partial charge in [0, 0.05) is 42.5 Å². The van der Waals surface area contributed by atoms with Gasteiger partial charge in [0.2, 0.25) is 5.91 Å². The molecule has 0 aliphatic heterocycles. The standard InChI is InChI=1S/C33H35ClN2O3/c1-35(2)28-14-12-24(13-15-28)25-10-11-27(31(34)20-25)21-36(33(38)30-19-23-7-9-26(30)17-23)29-6-4-5-22(18-29)8-16-32(37)39-3/h4-6,8,10-16,18,20,23,26,30H,7,9,17,19,21H2,1-3H3/b16-8+/t23-,26+,30-/m1/s1. The fraction of sp³-hybridized carbons (Fsp3) is 0.333. The molecule has 2 fully saturated rings. The van der Waals surface area contributed by atoms with Crippen molar-refractivity contribution in [1.29, 1.82) is 0 Å². The largest absolute Gasteiger partial charge is 0.466 e. The van der Waals surface area contributed by atoms with Crippen molar-refractivity contribution in [2.24, 2.45) is 17.8 Å². The Morgan fingerprint density at radius 3 is 2.36 bits per heavy atom. The van der Waals surface area contributed by atoms with Crippen LogP contribution in [0.3, 0.4) is 0 Å². The number of rotatable bonds is 8. The summed E-state index contributed by atoms with van der Waals surface area (Å²) in [6.45, 7) is 0.384. The molecule has 0 heterocycles. The summed E-state index contributed by atoms with van der Waals surface area (Å²) in [5.41, 5.74) is 5.79. The molecule has 2 aliphatic carbocycles. The zero-order chi connectivity index (χ0) is 27.5. The molecule has 3 aromatic carbocycles. The number of fused-ring (bicyclic) bond motifs is 2. The van der Waals surface area contributed by atoms with E-state index in [9.17, 15) is 9.59 Å². The van der Waals surface area contributed by atoms with Crippen LogP contribution >= 0.6 is 11.6 Å². The minimum atomic E-state index is -0.418. The van der Waals surface area contributed by atoms with E-state index in [2.05, 4.69) is 35.2 Å². The minimum Gasteiger partial charge on any atom is -0.466 e. The number of anilines is 2. The predicted octanol–water partition coefficient (Wildman–Crippen LogP) is 7.23. The van der Waals surface area contributed by atoms with E-state index in [0.717, 1.165) is 52.9 Å². The Labute approximate surface area is 236 Å². The summed E-state index contributed by atoms with van der Waals surface area (Å²) in [6.07, 6.45) is 7.61. The molecule has 2 saturated carbocycles. The average molecular weight is 543 g/mol. The van der Waals surface area contributed by atoms with Crippen LogP contribution in [0.1, 0.15) is 36.8 Å². The molecule has 6 heteroatoms. The Balaban J connectivity index is 1.44. The molecule has 0 unspecified atom stereocenters. The smallest absolute Gasteiger partial charge is 0.330 e. The SMILES string of the molecule is COC(=O)/C=C/c1cccc(N(Cc2ccc(-c3ccc(N(C)C)cc3)cc2Cl)C(=O)[C@@H]2C[C@@H]3CC[C@H]2C3)c1. The van der Waals surface area contributed by atoms with Crippen molar-refractivity contribution in [2.75, 3.05) is 31.0 Å². The van der Waals surface area contributed by atoms with Crippen molar-refractivity contribution in [3.8, 4) is 11.1 Å². The molecule has 39 heavy (non-hydrogen) atoms. The van der Waals surface area contributed by atoms with Crippen molar-refractivity contribution in [3.05, 3.63) is 89.0 Å². The molecule has 1 amide bonds. The average Bonchev–Trinajstić information content (AvgIpc) is 3.59. The maximum atomic E-state index is 14.0. The highest BCUT2D eigenvalue weighted by Crippen LogP contribution is 2.49. The lowest BCUT2D eigenvalue weighted by molar-refractivity contribution is -0.134. The van der Waals surface area contributed by atoms with Crippen LogP contribution < -0.4 is 9.80 Å². The number of hydrogen-bond acceptors (Lipinski definition) is 4. The lowest BCUT2D eigenvalue weighted by Crippen LogP contribution is -2.38. The van der Waals surface area contributed by atoms with Gasteiger partial charge in [-0.3, -0.25) is 4.79 Å². The second-order valence-electron chi connectivity index (χ2n) is 10.9. The van der Waals surface area contributed by atoms with Gasteiger partial charge in [0.05, 0.1) is 13.7 Å². The van der Waals surface area contributed by atoms with Crippen LogP contribution in [0.15, 0.2) is 72.8 Å². The summed E-state index contributed by atoms with van der Waals surface area (Å²) < 4.78 is 4.73. The summed E-state index contributed by atoms with van der Waals surface area (Å²) >= 11 is 6.84. The normalized spacial score (nSPS) is 19.8. The molecular formula is C33H35ClN2O3. The van der Waals surface area contributed by atoms with Crippen molar-refractivity contribution < 1.29 is 14.3 Å². The first-order valence-corrected chi connectivity index (χ1v) is 13.9. The molecule has 5 nitrogen and oxygen atoms in total. The predicted molar refractivity (Wildman–Crippen MR) is 159 cm³/mol. The van der Waals surface area contributed by atoms with Gasteiger partial charge in [-0.1, -0.05) is 54.4 Å². The zero-order valence-electron chi connectivity index (χ0n) is 22.8. The van der Waals surface area contributed by atoms with Gasteiger partial charge >= 0.3 is 5.97 Å². The van der Waals surface area contributed by atoms with Crippen LogP contribution in [0, 0.1) is 17.8 Å². The summed E-state index contributed by atoms with van der Waals surface area (Å²) in [4.78, 5) is 29.6. The summed E-state index contributed by atoms with van der Waals surface area (Å²) in [7, 11) is 5.40. The maximum Gasteiger partial charge on any atom is 0.330 e. The molecule has 5 rings (SSSR count). The summed E-state index contributed by atoms with van der Waals surface area (Å²) in [5.74, 6) is 0.929. The first kappa shape index (κ1) is 27.0.